The van der Waals surface area contributed by atoms with Crippen LogP contribution in [-0.2, 0) is 29.4 Å². The van der Waals surface area contributed by atoms with Crippen molar-refractivity contribution in [1.82, 2.24) is 9.62 Å². The highest BCUT2D eigenvalue weighted by Gasteiger charge is 2.19. The molecule has 1 fully saturated rings. The Bertz CT molecular complexity index is 873. The molecule has 1 heterocycles. The molecule has 6 heteroatoms. The maximum atomic E-state index is 11.1. The van der Waals surface area contributed by atoms with E-state index in [9.17, 15) is 8.42 Å². The summed E-state index contributed by atoms with van der Waals surface area (Å²) in [4.78, 5) is 2.53. The van der Waals surface area contributed by atoms with Gasteiger partial charge in [-0.2, -0.15) is 0 Å². The molecule has 0 radical (unpaired) electrons. The van der Waals surface area contributed by atoms with E-state index in [0.29, 0.717) is 6.54 Å². The average molecular weight is 417 g/mol. The number of benzene rings is 2. The molecule has 3 rings (SSSR count). The molecule has 2 aromatic rings. The molecule has 2 aromatic carbocycles. The van der Waals surface area contributed by atoms with Crippen molar-refractivity contribution in [3.8, 4) is 5.75 Å². The van der Waals surface area contributed by atoms with Crippen molar-refractivity contribution < 1.29 is 13.2 Å². The molecule has 29 heavy (non-hydrogen) atoms. The van der Waals surface area contributed by atoms with Crippen molar-refractivity contribution in [2.75, 3.05) is 33.0 Å². The smallest absolute Gasteiger partial charge is 0.208 e. The van der Waals surface area contributed by atoms with Gasteiger partial charge in [-0.25, -0.2) is 13.1 Å². The minimum Gasteiger partial charge on any atom is -0.497 e. The second-order valence-corrected chi connectivity index (χ2v) is 9.84. The number of likely N-dealkylation sites (tertiary alicyclic amines) is 1. The first-order valence-electron chi connectivity index (χ1n) is 10.3. The van der Waals surface area contributed by atoms with Crippen LogP contribution < -0.4 is 9.46 Å². The number of piperidine rings is 1. The minimum absolute atomic E-state index is 0.448. The van der Waals surface area contributed by atoms with E-state index in [0.717, 1.165) is 49.7 Å². The third kappa shape index (κ3) is 7.46. The van der Waals surface area contributed by atoms with Crippen molar-refractivity contribution in [3.05, 3.63) is 65.2 Å². The van der Waals surface area contributed by atoms with E-state index in [2.05, 4.69) is 52.1 Å². The lowest BCUT2D eigenvalue weighted by Gasteiger charge is -2.32. The van der Waals surface area contributed by atoms with Gasteiger partial charge in [0.05, 0.1) is 13.4 Å². The molecule has 1 N–H and O–H groups in total. The average Bonchev–Trinajstić information content (AvgIpc) is 2.70. The van der Waals surface area contributed by atoms with Gasteiger partial charge < -0.3 is 4.74 Å². The molecule has 0 aliphatic carbocycles. The van der Waals surface area contributed by atoms with Gasteiger partial charge in [-0.15, -0.1) is 0 Å². The largest absolute Gasteiger partial charge is 0.497 e. The van der Waals surface area contributed by atoms with Gasteiger partial charge in [0.25, 0.3) is 0 Å². The molecular weight excluding hydrogens is 384 g/mol. The van der Waals surface area contributed by atoms with Crippen molar-refractivity contribution in [2.45, 2.75) is 32.2 Å². The fourth-order valence-corrected chi connectivity index (χ4v) is 4.41. The summed E-state index contributed by atoms with van der Waals surface area (Å²) in [6.45, 7) is 3.71. The van der Waals surface area contributed by atoms with Crippen LogP contribution in [0.5, 0.6) is 5.75 Å². The Balaban J connectivity index is 1.42. The highest BCUT2D eigenvalue weighted by molar-refractivity contribution is 7.88. The monoisotopic (exact) mass is 416 g/mol. The van der Waals surface area contributed by atoms with Gasteiger partial charge in [-0.3, -0.25) is 4.90 Å². The quantitative estimate of drug-likeness (QED) is 0.682. The number of hydrogen-bond donors (Lipinski definition) is 1. The van der Waals surface area contributed by atoms with Gasteiger partial charge in [0.1, 0.15) is 5.75 Å². The molecule has 1 aliphatic heterocycles. The van der Waals surface area contributed by atoms with Gasteiger partial charge in [0.2, 0.25) is 10.0 Å². The summed E-state index contributed by atoms with van der Waals surface area (Å²) >= 11 is 0. The molecule has 0 unspecified atom stereocenters. The number of rotatable bonds is 9. The lowest BCUT2D eigenvalue weighted by molar-refractivity contribution is 0.177. The summed E-state index contributed by atoms with van der Waals surface area (Å²) in [5.41, 5.74) is 3.85. The fraction of sp³-hybridized carbons (Fsp3) is 0.478. The van der Waals surface area contributed by atoms with Crippen LogP contribution in [0.15, 0.2) is 48.5 Å². The predicted molar refractivity (Wildman–Crippen MR) is 118 cm³/mol. The lowest BCUT2D eigenvalue weighted by Crippen LogP contribution is -2.33. The number of nitrogens with one attached hydrogen (secondary N) is 1. The maximum absolute atomic E-state index is 11.1. The second-order valence-electron chi connectivity index (χ2n) is 8.01. The summed E-state index contributed by atoms with van der Waals surface area (Å²) < 4.78 is 30.1. The second kappa shape index (κ2) is 10.2. The molecule has 1 aliphatic rings. The first kappa shape index (κ1) is 21.8. The number of methoxy groups -OCH3 is 1. The van der Waals surface area contributed by atoms with Gasteiger partial charge in [0, 0.05) is 13.1 Å². The third-order valence-corrected chi connectivity index (χ3v) is 6.30. The van der Waals surface area contributed by atoms with Crippen molar-refractivity contribution in [1.29, 1.82) is 0 Å². The van der Waals surface area contributed by atoms with E-state index < -0.39 is 10.0 Å². The summed E-state index contributed by atoms with van der Waals surface area (Å²) in [5, 5.41) is 0. The van der Waals surface area contributed by atoms with E-state index in [1.54, 1.807) is 7.11 Å². The van der Waals surface area contributed by atoms with Crippen LogP contribution in [0.4, 0.5) is 0 Å². The van der Waals surface area contributed by atoms with Crippen molar-refractivity contribution in [2.24, 2.45) is 5.92 Å². The molecule has 0 spiro atoms. The van der Waals surface area contributed by atoms with Gasteiger partial charge in [-0.05, 0) is 73.5 Å². The Hall–Kier alpha value is -1.89. The molecule has 1 saturated heterocycles. The maximum Gasteiger partial charge on any atom is 0.208 e. The topological polar surface area (TPSA) is 58.6 Å². The van der Waals surface area contributed by atoms with E-state index in [-0.39, 0.29) is 0 Å². The molecule has 0 amide bonds. The molecule has 0 saturated carbocycles. The molecule has 0 bridgehead atoms. The summed E-state index contributed by atoms with van der Waals surface area (Å²) in [5.74, 6) is 1.65. The Morgan fingerprint density at radius 2 is 1.72 bits per heavy atom. The summed E-state index contributed by atoms with van der Waals surface area (Å²) in [7, 11) is -1.40. The predicted octanol–water partition coefficient (Wildman–Crippen LogP) is 3.24. The highest BCUT2D eigenvalue weighted by Crippen LogP contribution is 2.24. The van der Waals surface area contributed by atoms with E-state index in [1.807, 2.05) is 6.07 Å². The fourth-order valence-electron chi connectivity index (χ4n) is 3.93. The molecule has 158 valence electrons. The first-order valence-corrected chi connectivity index (χ1v) is 12.2. The standard InChI is InChI=1S/C23H32N2O3S/c1-28-23-5-3-4-22(17-23)18-25-14-11-21(12-15-25)16-20-8-6-19(7-9-20)10-13-24-29(2,26)27/h3-9,17,21,24H,10-16,18H2,1-2H3. The Labute approximate surface area is 175 Å². The van der Waals surface area contributed by atoms with Crippen LogP contribution in [0.1, 0.15) is 29.5 Å². The van der Waals surface area contributed by atoms with Crippen molar-refractivity contribution >= 4 is 10.0 Å². The van der Waals surface area contributed by atoms with Gasteiger partial charge >= 0.3 is 0 Å². The van der Waals surface area contributed by atoms with Gasteiger partial charge in [0.15, 0.2) is 0 Å². The number of ether oxygens (including phenoxy) is 1. The van der Waals surface area contributed by atoms with E-state index >= 15 is 0 Å². The molecule has 0 aromatic heterocycles. The number of nitrogens with zero attached hydrogens (tertiary/aromatic N) is 1. The lowest BCUT2D eigenvalue weighted by atomic mass is 9.89. The third-order valence-electron chi connectivity index (χ3n) is 5.57. The number of hydrogen-bond acceptors (Lipinski definition) is 4. The number of sulfonamides is 1. The van der Waals surface area contributed by atoms with Crippen LogP contribution in [-0.4, -0.2) is 46.3 Å². The minimum atomic E-state index is -3.11. The zero-order valence-electron chi connectivity index (χ0n) is 17.4. The van der Waals surface area contributed by atoms with Crippen LogP contribution in [0.3, 0.4) is 0 Å². The highest BCUT2D eigenvalue weighted by atomic mass is 32.2. The van der Waals surface area contributed by atoms with Crippen LogP contribution >= 0.6 is 0 Å². The normalized spacial score (nSPS) is 16.1. The zero-order chi connectivity index (χ0) is 20.7. The van der Waals surface area contributed by atoms with Crippen LogP contribution in [0, 0.1) is 5.92 Å². The van der Waals surface area contributed by atoms with E-state index in [4.69, 9.17) is 4.74 Å². The zero-order valence-corrected chi connectivity index (χ0v) is 18.2. The first-order chi connectivity index (χ1) is 13.9. The molecule has 0 atom stereocenters. The van der Waals surface area contributed by atoms with Gasteiger partial charge in [-0.1, -0.05) is 36.4 Å². The SMILES string of the molecule is COc1cccc(CN2CCC(Cc3ccc(CCNS(C)(=O)=O)cc3)CC2)c1. The van der Waals surface area contributed by atoms with Crippen molar-refractivity contribution in [3.63, 3.8) is 0 Å². The summed E-state index contributed by atoms with van der Waals surface area (Å²) in [6.07, 6.45) is 5.48. The molecular formula is C23H32N2O3S. The molecule has 5 nitrogen and oxygen atoms in total. The Morgan fingerprint density at radius 1 is 1.03 bits per heavy atom. The van der Waals surface area contributed by atoms with Crippen LogP contribution in [0.2, 0.25) is 0 Å². The van der Waals surface area contributed by atoms with E-state index in [1.165, 1.54) is 30.2 Å². The summed E-state index contributed by atoms with van der Waals surface area (Å²) in [6, 6.07) is 17.0. The Kier molecular flexibility index (Phi) is 7.70. The Morgan fingerprint density at radius 3 is 2.38 bits per heavy atom. The van der Waals surface area contributed by atoms with Crippen LogP contribution in [0.25, 0.3) is 0 Å².